The van der Waals surface area contributed by atoms with Gasteiger partial charge in [-0.15, -0.1) is 0 Å². The number of nitrogens with two attached hydrogens (primary N) is 1. The summed E-state index contributed by atoms with van der Waals surface area (Å²) in [5.41, 5.74) is 10.7. The van der Waals surface area contributed by atoms with Crippen LogP contribution < -0.4 is 10.6 Å². The molecule has 1 atom stereocenters. The van der Waals surface area contributed by atoms with Crippen LogP contribution in [0.15, 0.2) is 42.5 Å². The number of rotatable bonds is 3. The quantitative estimate of drug-likeness (QED) is 0.928. The fraction of sp³-hybridized carbons (Fsp3) is 0.294. The van der Waals surface area contributed by atoms with E-state index < -0.39 is 0 Å². The highest BCUT2D eigenvalue weighted by Gasteiger charge is 2.27. The van der Waals surface area contributed by atoms with Crippen molar-refractivity contribution in [2.45, 2.75) is 19.4 Å². The maximum Gasteiger partial charge on any atom is 0.125 e. The third kappa shape index (κ3) is 2.18. The Labute approximate surface area is 119 Å². The van der Waals surface area contributed by atoms with Crippen molar-refractivity contribution in [2.24, 2.45) is 5.73 Å². The van der Waals surface area contributed by atoms with Crippen LogP contribution in [-0.2, 0) is 6.42 Å². The number of nitrogens with zero attached hydrogens (tertiary/aromatic N) is 1. The summed E-state index contributed by atoms with van der Waals surface area (Å²) >= 11 is 0. The summed E-state index contributed by atoms with van der Waals surface area (Å²) in [7, 11) is 0. The van der Waals surface area contributed by atoms with E-state index in [-0.39, 0.29) is 11.9 Å². The fourth-order valence-electron chi connectivity index (χ4n) is 3.08. The molecule has 104 valence electrons. The Hall–Kier alpha value is -1.87. The molecule has 3 rings (SSSR count). The van der Waals surface area contributed by atoms with Crippen molar-refractivity contribution in [1.82, 2.24) is 0 Å². The molecule has 0 bridgehead atoms. The fourth-order valence-corrected chi connectivity index (χ4v) is 3.08. The van der Waals surface area contributed by atoms with E-state index >= 15 is 0 Å². The van der Waals surface area contributed by atoms with Crippen molar-refractivity contribution in [3.05, 3.63) is 65.0 Å². The van der Waals surface area contributed by atoms with Crippen molar-refractivity contribution in [2.75, 3.05) is 18.0 Å². The molecule has 0 spiro atoms. The minimum Gasteiger partial charge on any atom is -0.363 e. The molecule has 3 heteroatoms. The molecule has 0 aliphatic carbocycles. The predicted molar refractivity (Wildman–Crippen MR) is 80.4 cm³/mol. The van der Waals surface area contributed by atoms with Gasteiger partial charge in [-0.2, -0.15) is 0 Å². The smallest absolute Gasteiger partial charge is 0.125 e. The first-order valence-corrected chi connectivity index (χ1v) is 7.01. The Balaban J connectivity index is 2.01. The number of anilines is 1. The molecule has 2 aromatic carbocycles. The molecule has 0 radical (unpaired) electrons. The van der Waals surface area contributed by atoms with Gasteiger partial charge in [-0.25, -0.2) is 4.39 Å². The zero-order chi connectivity index (χ0) is 14.1. The highest BCUT2D eigenvalue weighted by atomic mass is 19.1. The van der Waals surface area contributed by atoms with Crippen molar-refractivity contribution in [3.8, 4) is 0 Å². The van der Waals surface area contributed by atoms with Crippen LogP contribution in [0, 0.1) is 12.7 Å². The standard InChI is InChI=1S/C17H19FN2/c1-12-4-2-3-5-15(12)17(11-19)20-9-8-13-6-7-14(18)10-16(13)20/h2-7,10,17H,8-9,11,19H2,1H3. The van der Waals surface area contributed by atoms with Gasteiger partial charge in [0.1, 0.15) is 5.82 Å². The van der Waals surface area contributed by atoms with Gasteiger partial charge in [0, 0.05) is 18.8 Å². The van der Waals surface area contributed by atoms with E-state index in [1.54, 1.807) is 6.07 Å². The Morgan fingerprint density at radius 1 is 1.25 bits per heavy atom. The highest BCUT2D eigenvalue weighted by molar-refractivity contribution is 5.60. The lowest BCUT2D eigenvalue weighted by Crippen LogP contribution is -2.33. The molecule has 1 heterocycles. The van der Waals surface area contributed by atoms with Crippen LogP contribution in [0.3, 0.4) is 0 Å². The first-order chi connectivity index (χ1) is 9.70. The van der Waals surface area contributed by atoms with Crippen LogP contribution in [0.2, 0.25) is 0 Å². The lowest BCUT2D eigenvalue weighted by Gasteiger charge is -2.31. The second kappa shape index (κ2) is 5.25. The van der Waals surface area contributed by atoms with Crippen LogP contribution in [-0.4, -0.2) is 13.1 Å². The summed E-state index contributed by atoms with van der Waals surface area (Å²) in [6, 6.07) is 13.4. The van der Waals surface area contributed by atoms with Gasteiger partial charge in [0.25, 0.3) is 0 Å². The van der Waals surface area contributed by atoms with Gasteiger partial charge in [-0.05, 0) is 42.2 Å². The van der Waals surface area contributed by atoms with Crippen LogP contribution in [0.1, 0.15) is 22.7 Å². The van der Waals surface area contributed by atoms with Crippen LogP contribution in [0.4, 0.5) is 10.1 Å². The van der Waals surface area contributed by atoms with E-state index in [0.717, 1.165) is 18.7 Å². The molecule has 0 amide bonds. The second-order valence-corrected chi connectivity index (χ2v) is 5.32. The first-order valence-electron chi connectivity index (χ1n) is 7.01. The number of halogens is 1. The van der Waals surface area contributed by atoms with Gasteiger partial charge in [0.2, 0.25) is 0 Å². The minimum absolute atomic E-state index is 0.110. The van der Waals surface area contributed by atoms with E-state index in [9.17, 15) is 4.39 Å². The van der Waals surface area contributed by atoms with E-state index in [0.29, 0.717) is 6.54 Å². The van der Waals surface area contributed by atoms with E-state index in [4.69, 9.17) is 5.73 Å². The second-order valence-electron chi connectivity index (χ2n) is 5.32. The average molecular weight is 270 g/mol. The van der Waals surface area contributed by atoms with E-state index in [1.807, 2.05) is 18.2 Å². The Morgan fingerprint density at radius 2 is 2.05 bits per heavy atom. The third-order valence-corrected chi connectivity index (χ3v) is 4.13. The number of hydrogen-bond acceptors (Lipinski definition) is 2. The van der Waals surface area contributed by atoms with Gasteiger partial charge < -0.3 is 10.6 Å². The van der Waals surface area contributed by atoms with Gasteiger partial charge in [-0.1, -0.05) is 30.3 Å². The molecule has 20 heavy (non-hydrogen) atoms. The van der Waals surface area contributed by atoms with E-state index in [1.165, 1.54) is 22.8 Å². The predicted octanol–water partition coefficient (Wildman–Crippen LogP) is 3.20. The van der Waals surface area contributed by atoms with Gasteiger partial charge in [-0.3, -0.25) is 0 Å². The summed E-state index contributed by atoms with van der Waals surface area (Å²) in [5, 5.41) is 0. The highest BCUT2D eigenvalue weighted by Crippen LogP contribution is 2.36. The number of hydrogen-bond donors (Lipinski definition) is 1. The van der Waals surface area contributed by atoms with E-state index in [2.05, 4.69) is 24.0 Å². The van der Waals surface area contributed by atoms with Crippen LogP contribution in [0.25, 0.3) is 0 Å². The Kier molecular flexibility index (Phi) is 3.45. The molecule has 2 nitrogen and oxygen atoms in total. The number of fused-ring (bicyclic) bond motifs is 1. The van der Waals surface area contributed by atoms with Gasteiger partial charge in [0.05, 0.1) is 6.04 Å². The number of aryl methyl sites for hydroxylation is 1. The molecule has 1 aliphatic heterocycles. The molecule has 2 aromatic rings. The number of benzene rings is 2. The zero-order valence-corrected chi connectivity index (χ0v) is 11.6. The maximum absolute atomic E-state index is 13.5. The zero-order valence-electron chi connectivity index (χ0n) is 11.6. The summed E-state index contributed by atoms with van der Waals surface area (Å²) in [6.45, 7) is 3.52. The largest absolute Gasteiger partial charge is 0.363 e. The van der Waals surface area contributed by atoms with Crippen molar-refractivity contribution in [3.63, 3.8) is 0 Å². The maximum atomic E-state index is 13.5. The Bertz CT molecular complexity index is 624. The molecular formula is C17H19FN2. The molecule has 1 unspecified atom stereocenters. The summed E-state index contributed by atoms with van der Waals surface area (Å²) < 4.78 is 13.5. The summed E-state index contributed by atoms with van der Waals surface area (Å²) in [6.07, 6.45) is 0.956. The lowest BCUT2D eigenvalue weighted by atomic mass is 10.00. The van der Waals surface area contributed by atoms with Gasteiger partial charge >= 0.3 is 0 Å². The third-order valence-electron chi connectivity index (χ3n) is 4.13. The van der Waals surface area contributed by atoms with Crippen LogP contribution >= 0.6 is 0 Å². The molecule has 0 saturated heterocycles. The van der Waals surface area contributed by atoms with Crippen LogP contribution in [0.5, 0.6) is 0 Å². The Morgan fingerprint density at radius 3 is 2.80 bits per heavy atom. The molecule has 0 saturated carbocycles. The molecule has 1 aliphatic rings. The van der Waals surface area contributed by atoms with Gasteiger partial charge in [0.15, 0.2) is 0 Å². The molecule has 0 aromatic heterocycles. The summed E-state index contributed by atoms with van der Waals surface area (Å²) in [4.78, 5) is 2.24. The minimum atomic E-state index is -0.184. The molecular weight excluding hydrogens is 251 g/mol. The van der Waals surface area contributed by atoms with Crippen molar-refractivity contribution in [1.29, 1.82) is 0 Å². The van der Waals surface area contributed by atoms with Crippen molar-refractivity contribution < 1.29 is 4.39 Å². The SMILES string of the molecule is Cc1ccccc1C(CN)N1CCc2ccc(F)cc21. The average Bonchev–Trinajstić information content (AvgIpc) is 2.85. The normalized spacial score (nSPS) is 15.2. The summed E-state index contributed by atoms with van der Waals surface area (Å²) in [5.74, 6) is -0.184. The first kappa shape index (κ1) is 13.1. The molecule has 0 fully saturated rings. The topological polar surface area (TPSA) is 29.3 Å². The molecule has 2 N–H and O–H groups in total. The van der Waals surface area contributed by atoms with Crippen molar-refractivity contribution >= 4 is 5.69 Å². The monoisotopic (exact) mass is 270 g/mol. The lowest BCUT2D eigenvalue weighted by molar-refractivity contribution is 0.621.